The number of aromatic nitrogens is 2. The van der Waals surface area contributed by atoms with Crippen molar-refractivity contribution in [2.45, 2.75) is 0 Å². The highest BCUT2D eigenvalue weighted by Gasteiger charge is 2.08. The minimum absolute atomic E-state index is 0.724. The van der Waals surface area contributed by atoms with Crippen LogP contribution in [0.5, 0.6) is 0 Å². The average molecular weight is 258 g/mol. The Balaban J connectivity index is 2.24. The average Bonchev–Trinajstić information content (AvgIpc) is 2.99. The second-order valence-corrected chi connectivity index (χ2v) is 4.83. The third-order valence-corrected chi connectivity index (χ3v) is 3.58. The lowest BCUT2D eigenvalue weighted by Crippen LogP contribution is -1.94. The fraction of sp³-hybridized carbons (Fsp3) is 0. The molecule has 1 aromatic carbocycles. The molecule has 0 radical (unpaired) electrons. The van der Waals surface area contributed by atoms with Crippen molar-refractivity contribution >= 4 is 23.6 Å². The van der Waals surface area contributed by atoms with Gasteiger partial charge in [-0.25, -0.2) is 0 Å². The predicted octanol–water partition coefficient (Wildman–Crippen LogP) is 4.26. The smallest absolute Gasteiger partial charge is 0.182 e. The highest BCUT2D eigenvalue weighted by atomic mass is 32.1. The Morgan fingerprint density at radius 2 is 1.94 bits per heavy atom. The first-order valence-corrected chi connectivity index (χ1v) is 6.60. The summed E-state index contributed by atoms with van der Waals surface area (Å²) in [7, 11) is 0. The predicted molar refractivity (Wildman–Crippen MR) is 74.3 cm³/mol. The molecule has 0 aliphatic heterocycles. The van der Waals surface area contributed by atoms with Crippen molar-refractivity contribution in [1.29, 1.82) is 0 Å². The molecule has 0 aliphatic rings. The molecule has 0 saturated heterocycles. The molecule has 2 nitrogen and oxygen atoms in total. The van der Waals surface area contributed by atoms with Gasteiger partial charge in [0.15, 0.2) is 4.77 Å². The molecular weight excluding hydrogens is 248 g/mol. The quantitative estimate of drug-likeness (QED) is 0.681. The van der Waals surface area contributed by atoms with Gasteiger partial charge in [-0.1, -0.05) is 30.3 Å². The largest absolute Gasteiger partial charge is 0.336 e. The standard InChI is InChI=1S/C13H10N2S2/c16-13-14-8-12(10-4-2-1-3-5-10)15(13)11-6-7-17-9-11/h1-9H,(H,14,16). The van der Waals surface area contributed by atoms with Crippen LogP contribution in [0.4, 0.5) is 0 Å². The Bertz CT molecular complexity index is 663. The van der Waals surface area contributed by atoms with Crippen LogP contribution in [-0.4, -0.2) is 9.55 Å². The van der Waals surface area contributed by atoms with Crippen molar-refractivity contribution < 1.29 is 0 Å². The second-order valence-electron chi connectivity index (χ2n) is 3.66. The van der Waals surface area contributed by atoms with Crippen LogP contribution < -0.4 is 0 Å². The van der Waals surface area contributed by atoms with Gasteiger partial charge in [-0.15, -0.1) is 0 Å². The molecule has 0 atom stereocenters. The van der Waals surface area contributed by atoms with E-state index in [4.69, 9.17) is 12.2 Å². The fourth-order valence-electron chi connectivity index (χ4n) is 1.83. The van der Waals surface area contributed by atoms with Crippen LogP contribution in [0, 0.1) is 4.77 Å². The van der Waals surface area contributed by atoms with Gasteiger partial charge in [0.25, 0.3) is 0 Å². The summed E-state index contributed by atoms with van der Waals surface area (Å²) in [5.74, 6) is 0. The van der Waals surface area contributed by atoms with E-state index < -0.39 is 0 Å². The van der Waals surface area contributed by atoms with Gasteiger partial charge >= 0.3 is 0 Å². The van der Waals surface area contributed by atoms with E-state index in [-0.39, 0.29) is 0 Å². The van der Waals surface area contributed by atoms with Crippen LogP contribution in [-0.2, 0) is 0 Å². The van der Waals surface area contributed by atoms with Crippen molar-refractivity contribution in [1.82, 2.24) is 9.55 Å². The molecule has 0 saturated carbocycles. The summed E-state index contributed by atoms with van der Waals surface area (Å²) >= 11 is 7.00. The third-order valence-electron chi connectivity index (χ3n) is 2.61. The zero-order valence-electron chi connectivity index (χ0n) is 8.96. The number of nitrogens with zero attached hydrogens (tertiary/aromatic N) is 1. The van der Waals surface area contributed by atoms with E-state index in [0.29, 0.717) is 0 Å². The van der Waals surface area contributed by atoms with Gasteiger partial charge in [0.2, 0.25) is 0 Å². The minimum atomic E-state index is 0.724. The lowest BCUT2D eigenvalue weighted by atomic mass is 10.2. The number of imidazole rings is 1. The number of nitrogens with one attached hydrogen (secondary N) is 1. The van der Waals surface area contributed by atoms with Crippen molar-refractivity contribution in [3.05, 3.63) is 58.1 Å². The summed E-state index contributed by atoms with van der Waals surface area (Å²) in [6.07, 6.45) is 1.95. The number of aromatic amines is 1. The maximum Gasteiger partial charge on any atom is 0.182 e. The zero-order valence-corrected chi connectivity index (χ0v) is 10.6. The second kappa shape index (κ2) is 4.31. The lowest BCUT2D eigenvalue weighted by molar-refractivity contribution is 1.05. The summed E-state index contributed by atoms with van der Waals surface area (Å²) in [6.45, 7) is 0. The number of H-pyrrole nitrogens is 1. The lowest BCUT2D eigenvalue weighted by Gasteiger charge is -2.05. The van der Waals surface area contributed by atoms with Gasteiger partial charge in [-0.2, -0.15) is 11.3 Å². The summed E-state index contributed by atoms with van der Waals surface area (Å²) in [5.41, 5.74) is 3.36. The van der Waals surface area contributed by atoms with Crippen molar-refractivity contribution in [3.63, 3.8) is 0 Å². The monoisotopic (exact) mass is 258 g/mol. The molecule has 17 heavy (non-hydrogen) atoms. The minimum Gasteiger partial charge on any atom is -0.336 e. The first-order valence-electron chi connectivity index (χ1n) is 5.25. The molecule has 0 aliphatic carbocycles. The van der Waals surface area contributed by atoms with Gasteiger partial charge in [0, 0.05) is 17.1 Å². The topological polar surface area (TPSA) is 20.7 Å². The van der Waals surface area contributed by atoms with Crippen LogP contribution in [0.25, 0.3) is 16.9 Å². The van der Waals surface area contributed by atoms with E-state index in [9.17, 15) is 0 Å². The number of hydrogen-bond acceptors (Lipinski definition) is 2. The van der Waals surface area contributed by atoms with Gasteiger partial charge in [0.05, 0.1) is 11.4 Å². The molecule has 1 N–H and O–H groups in total. The van der Waals surface area contributed by atoms with E-state index in [1.54, 1.807) is 11.3 Å². The molecular formula is C13H10N2S2. The normalized spacial score (nSPS) is 10.6. The van der Waals surface area contributed by atoms with E-state index in [0.717, 1.165) is 21.7 Å². The molecule has 0 spiro atoms. The van der Waals surface area contributed by atoms with Gasteiger partial charge < -0.3 is 4.98 Å². The molecule has 3 rings (SSSR count). The third kappa shape index (κ3) is 1.85. The van der Waals surface area contributed by atoms with E-state index in [1.807, 2.05) is 24.4 Å². The molecule has 84 valence electrons. The van der Waals surface area contributed by atoms with Crippen LogP contribution >= 0.6 is 23.6 Å². The van der Waals surface area contributed by atoms with Crippen LogP contribution in [0.1, 0.15) is 0 Å². The molecule has 2 heterocycles. The zero-order chi connectivity index (χ0) is 11.7. The van der Waals surface area contributed by atoms with Crippen LogP contribution in [0.3, 0.4) is 0 Å². The summed E-state index contributed by atoms with van der Waals surface area (Å²) in [5, 5.41) is 4.15. The van der Waals surface area contributed by atoms with E-state index in [1.165, 1.54) is 0 Å². The first kappa shape index (κ1) is 10.5. The molecule has 3 aromatic rings. The number of thiophene rings is 1. The van der Waals surface area contributed by atoms with Crippen LogP contribution in [0.2, 0.25) is 0 Å². The Kier molecular flexibility index (Phi) is 2.66. The van der Waals surface area contributed by atoms with Crippen LogP contribution in [0.15, 0.2) is 53.4 Å². The number of hydrogen-bond donors (Lipinski definition) is 1. The molecule has 0 amide bonds. The summed E-state index contributed by atoms with van der Waals surface area (Å²) in [4.78, 5) is 3.11. The van der Waals surface area contributed by atoms with Crippen molar-refractivity contribution in [3.8, 4) is 16.9 Å². The fourth-order valence-corrected chi connectivity index (χ4v) is 2.71. The number of rotatable bonds is 2. The Morgan fingerprint density at radius 3 is 2.65 bits per heavy atom. The highest BCUT2D eigenvalue weighted by molar-refractivity contribution is 7.71. The Labute approximate surface area is 108 Å². The Morgan fingerprint density at radius 1 is 1.12 bits per heavy atom. The molecule has 0 bridgehead atoms. The molecule has 0 fully saturated rings. The molecule has 0 unspecified atom stereocenters. The van der Waals surface area contributed by atoms with Gasteiger partial charge in [-0.3, -0.25) is 4.57 Å². The Hall–Kier alpha value is -1.65. The first-order chi connectivity index (χ1) is 8.36. The summed E-state index contributed by atoms with van der Waals surface area (Å²) in [6, 6.07) is 12.3. The van der Waals surface area contributed by atoms with E-state index in [2.05, 4.69) is 38.5 Å². The van der Waals surface area contributed by atoms with Gasteiger partial charge in [-0.05, 0) is 23.7 Å². The SMILES string of the molecule is S=c1[nH]cc(-c2ccccc2)n1-c1ccsc1. The van der Waals surface area contributed by atoms with Gasteiger partial charge in [0.1, 0.15) is 0 Å². The van der Waals surface area contributed by atoms with Crippen molar-refractivity contribution in [2.75, 3.05) is 0 Å². The van der Waals surface area contributed by atoms with E-state index >= 15 is 0 Å². The number of benzene rings is 1. The highest BCUT2D eigenvalue weighted by Crippen LogP contribution is 2.24. The molecule has 4 heteroatoms. The van der Waals surface area contributed by atoms with Crippen molar-refractivity contribution in [2.24, 2.45) is 0 Å². The molecule has 2 aromatic heterocycles. The summed E-state index contributed by atoms with van der Waals surface area (Å²) < 4.78 is 2.78. The maximum absolute atomic E-state index is 5.33. The maximum atomic E-state index is 5.33.